The Morgan fingerprint density at radius 1 is 1.06 bits per heavy atom. The third-order valence-electron chi connectivity index (χ3n) is 5.12. The molecule has 3 rings (SSSR count). The molecule has 0 bridgehead atoms. The van der Waals surface area contributed by atoms with E-state index in [2.05, 4.69) is 14.8 Å². The maximum atomic E-state index is 12.6. The lowest BCUT2D eigenvalue weighted by Gasteiger charge is -2.22. The number of alkyl halides is 2. The van der Waals surface area contributed by atoms with Gasteiger partial charge in [0.15, 0.2) is 0 Å². The lowest BCUT2D eigenvalue weighted by Crippen LogP contribution is -2.46. The van der Waals surface area contributed by atoms with Crippen LogP contribution in [0.25, 0.3) is 0 Å². The van der Waals surface area contributed by atoms with Gasteiger partial charge in [0, 0.05) is 18.5 Å². The summed E-state index contributed by atoms with van der Waals surface area (Å²) >= 11 is 0. The van der Waals surface area contributed by atoms with Crippen LogP contribution in [0.5, 0.6) is 11.5 Å². The Bertz CT molecular complexity index is 981. The molecular formula is C23H24F2N2O6. The van der Waals surface area contributed by atoms with Gasteiger partial charge in [-0.3, -0.25) is 9.59 Å². The summed E-state index contributed by atoms with van der Waals surface area (Å²) in [7, 11) is 1.14. The van der Waals surface area contributed by atoms with Crippen molar-refractivity contribution in [2.24, 2.45) is 0 Å². The minimum Gasteiger partial charge on any atom is -0.467 e. The van der Waals surface area contributed by atoms with Crippen LogP contribution < -0.4 is 10.1 Å². The topological polar surface area (TPSA) is 94.2 Å². The molecule has 1 aliphatic heterocycles. The summed E-state index contributed by atoms with van der Waals surface area (Å²) in [6.07, 6.45) is -1.12. The van der Waals surface area contributed by atoms with E-state index >= 15 is 0 Å². The summed E-state index contributed by atoms with van der Waals surface area (Å²) < 4.78 is 39.8. The number of carbonyl (C=O) groups excluding carboxylic acids is 3. The predicted molar refractivity (Wildman–Crippen MR) is 113 cm³/mol. The first-order chi connectivity index (χ1) is 15.8. The van der Waals surface area contributed by atoms with Crippen molar-refractivity contribution in [2.75, 3.05) is 20.2 Å². The van der Waals surface area contributed by atoms with E-state index in [1.54, 1.807) is 24.3 Å². The van der Waals surface area contributed by atoms with E-state index in [0.29, 0.717) is 17.1 Å². The van der Waals surface area contributed by atoms with Crippen molar-refractivity contribution in [2.45, 2.75) is 32.1 Å². The smallest absolute Gasteiger partial charge is 0.345 e. The van der Waals surface area contributed by atoms with Gasteiger partial charge in [-0.25, -0.2) is 4.79 Å². The lowest BCUT2D eigenvalue weighted by atomic mass is 10.2. The molecule has 33 heavy (non-hydrogen) atoms. The first kappa shape index (κ1) is 24.1. The average Bonchev–Trinajstić information content (AvgIpc) is 3.22. The lowest BCUT2D eigenvalue weighted by molar-refractivity contribution is -0.160. The third-order valence-corrected chi connectivity index (χ3v) is 5.12. The molecule has 2 aromatic rings. The van der Waals surface area contributed by atoms with Gasteiger partial charge in [-0.15, -0.1) is 0 Å². The molecule has 1 heterocycles. The molecule has 1 aliphatic rings. The summed E-state index contributed by atoms with van der Waals surface area (Å²) in [4.78, 5) is 38.0. The van der Waals surface area contributed by atoms with E-state index in [0.717, 1.165) is 17.6 Å². The standard InChI is InChI=1S/C23H24F2N2O6/c1-14-3-7-16(8-4-14)32-17-9-5-15(6-10-17)21(29)26-12-20(28)27-13-18(33-23(24)25)11-19(27)22(30)31-2/h3-10,18-19,23H,11-13H2,1-2H3,(H,26,29)/t18-,19+/m1/s1. The van der Waals surface area contributed by atoms with Crippen molar-refractivity contribution in [3.63, 3.8) is 0 Å². The van der Waals surface area contributed by atoms with Crippen LogP contribution in [0.15, 0.2) is 48.5 Å². The highest BCUT2D eigenvalue weighted by molar-refractivity contribution is 5.97. The summed E-state index contributed by atoms with van der Waals surface area (Å²) in [5.41, 5.74) is 1.40. The largest absolute Gasteiger partial charge is 0.467 e. The van der Waals surface area contributed by atoms with Gasteiger partial charge in [0.2, 0.25) is 5.91 Å². The van der Waals surface area contributed by atoms with Gasteiger partial charge in [0.25, 0.3) is 5.91 Å². The van der Waals surface area contributed by atoms with Crippen LogP contribution in [0.3, 0.4) is 0 Å². The Kier molecular flexibility index (Phi) is 7.94. The molecule has 176 valence electrons. The summed E-state index contributed by atoms with van der Waals surface area (Å²) in [5.74, 6) is -0.671. The maximum Gasteiger partial charge on any atom is 0.345 e. The number of methoxy groups -OCH3 is 1. The van der Waals surface area contributed by atoms with Crippen molar-refractivity contribution in [3.8, 4) is 11.5 Å². The molecule has 2 atom stereocenters. The summed E-state index contributed by atoms with van der Waals surface area (Å²) in [6.45, 7) is -1.68. The molecule has 2 amide bonds. The first-order valence-electron chi connectivity index (χ1n) is 10.2. The highest BCUT2D eigenvalue weighted by Crippen LogP contribution is 2.24. The molecule has 0 spiro atoms. The van der Waals surface area contributed by atoms with Gasteiger partial charge in [-0.2, -0.15) is 8.78 Å². The number of likely N-dealkylation sites (tertiary alicyclic amines) is 1. The number of hydrogen-bond donors (Lipinski definition) is 1. The van der Waals surface area contributed by atoms with Crippen molar-refractivity contribution >= 4 is 17.8 Å². The molecule has 1 N–H and O–H groups in total. The predicted octanol–water partition coefficient (Wildman–Crippen LogP) is 2.90. The molecule has 1 saturated heterocycles. The molecule has 0 aliphatic carbocycles. The zero-order chi connectivity index (χ0) is 24.0. The molecule has 8 nitrogen and oxygen atoms in total. The molecule has 0 aromatic heterocycles. The average molecular weight is 462 g/mol. The monoisotopic (exact) mass is 462 g/mol. The van der Waals surface area contributed by atoms with Gasteiger partial charge in [0.1, 0.15) is 17.5 Å². The molecule has 0 saturated carbocycles. The summed E-state index contributed by atoms with van der Waals surface area (Å²) in [5, 5.41) is 2.47. The van der Waals surface area contributed by atoms with Crippen molar-refractivity contribution in [3.05, 3.63) is 59.7 Å². The molecular weight excluding hydrogens is 438 g/mol. The zero-order valence-electron chi connectivity index (χ0n) is 18.1. The van der Waals surface area contributed by atoms with Crippen molar-refractivity contribution in [1.29, 1.82) is 0 Å². The van der Waals surface area contributed by atoms with Gasteiger partial charge in [-0.05, 0) is 43.3 Å². The first-order valence-corrected chi connectivity index (χ1v) is 10.2. The van der Waals surface area contributed by atoms with Crippen LogP contribution in [0.2, 0.25) is 0 Å². The number of rotatable bonds is 8. The van der Waals surface area contributed by atoms with Crippen LogP contribution in [-0.2, 0) is 19.1 Å². The fraction of sp³-hybridized carbons (Fsp3) is 0.348. The second-order valence-electron chi connectivity index (χ2n) is 7.46. The van der Waals surface area contributed by atoms with E-state index in [9.17, 15) is 23.2 Å². The fourth-order valence-corrected chi connectivity index (χ4v) is 3.45. The Balaban J connectivity index is 1.56. The highest BCUT2D eigenvalue weighted by Gasteiger charge is 2.41. The normalized spacial score (nSPS) is 17.7. The van der Waals surface area contributed by atoms with Crippen molar-refractivity contribution < 1.29 is 37.4 Å². The van der Waals surface area contributed by atoms with E-state index in [4.69, 9.17) is 4.74 Å². The molecule has 0 radical (unpaired) electrons. The van der Waals surface area contributed by atoms with Gasteiger partial charge in [-0.1, -0.05) is 17.7 Å². The number of ether oxygens (including phenoxy) is 3. The second kappa shape index (κ2) is 10.9. The van der Waals surface area contributed by atoms with Crippen LogP contribution in [0.4, 0.5) is 8.78 Å². The van der Waals surface area contributed by atoms with Crippen LogP contribution in [0, 0.1) is 6.92 Å². The number of nitrogens with one attached hydrogen (secondary N) is 1. The molecule has 0 unspecified atom stereocenters. The van der Waals surface area contributed by atoms with E-state index in [-0.39, 0.29) is 13.0 Å². The number of amides is 2. The van der Waals surface area contributed by atoms with Crippen LogP contribution >= 0.6 is 0 Å². The van der Waals surface area contributed by atoms with Gasteiger partial charge in [0.05, 0.1) is 19.8 Å². The fourth-order valence-electron chi connectivity index (χ4n) is 3.45. The summed E-state index contributed by atoms with van der Waals surface area (Å²) in [6, 6.07) is 12.8. The minimum absolute atomic E-state index is 0.112. The number of carbonyl (C=O) groups is 3. The second-order valence-corrected chi connectivity index (χ2v) is 7.46. The number of esters is 1. The highest BCUT2D eigenvalue weighted by atomic mass is 19.3. The maximum absolute atomic E-state index is 12.6. The Labute approximate surface area is 189 Å². The van der Waals surface area contributed by atoms with Gasteiger partial charge < -0.3 is 24.4 Å². The van der Waals surface area contributed by atoms with E-state index < -0.39 is 43.1 Å². The number of hydrogen-bond acceptors (Lipinski definition) is 6. The SMILES string of the molecule is COC(=O)[C@@H]1C[C@@H](OC(F)F)CN1C(=O)CNC(=O)c1ccc(Oc2ccc(C)cc2)cc1. The van der Waals surface area contributed by atoms with E-state index in [1.165, 1.54) is 0 Å². The Morgan fingerprint density at radius 3 is 2.24 bits per heavy atom. The minimum atomic E-state index is -3.03. The van der Waals surface area contributed by atoms with Crippen LogP contribution in [-0.4, -0.2) is 61.6 Å². The molecule has 2 aromatic carbocycles. The number of nitrogens with zero attached hydrogens (tertiary/aromatic N) is 1. The number of aryl methyl sites for hydroxylation is 1. The van der Waals surface area contributed by atoms with Crippen molar-refractivity contribution in [1.82, 2.24) is 10.2 Å². The Morgan fingerprint density at radius 2 is 1.67 bits per heavy atom. The Hall–Kier alpha value is -3.53. The molecule has 10 heteroatoms. The molecule has 1 fully saturated rings. The van der Waals surface area contributed by atoms with Crippen LogP contribution in [0.1, 0.15) is 22.3 Å². The quantitative estimate of drug-likeness (QED) is 0.607. The van der Waals surface area contributed by atoms with E-state index in [1.807, 2.05) is 31.2 Å². The number of halogens is 2. The number of benzene rings is 2. The van der Waals surface area contributed by atoms with Gasteiger partial charge >= 0.3 is 12.6 Å². The third kappa shape index (κ3) is 6.48. The zero-order valence-corrected chi connectivity index (χ0v) is 18.1.